The number of likely N-dealkylation sites (tertiary alicyclic amines) is 1. The molecule has 0 aromatic carbocycles. The highest BCUT2D eigenvalue weighted by Crippen LogP contribution is 2.45. The minimum Gasteiger partial charge on any atom is -0.477 e. The van der Waals surface area contributed by atoms with Crippen molar-refractivity contribution in [2.24, 2.45) is 0 Å². The summed E-state index contributed by atoms with van der Waals surface area (Å²) in [6, 6.07) is 1.78. The fraction of sp³-hybridized carbons (Fsp3) is 0.438. The quantitative estimate of drug-likeness (QED) is 0.886. The number of amides is 1. The van der Waals surface area contributed by atoms with E-state index >= 15 is 0 Å². The molecule has 2 aromatic rings. The Balaban J connectivity index is 1.55. The lowest BCUT2D eigenvalue weighted by Gasteiger charge is -2.43. The molecule has 0 aliphatic carbocycles. The minimum absolute atomic E-state index is 0.0421. The van der Waals surface area contributed by atoms with E-state index in [2.05, 4.69) is 4.98 Å². The molecule has 0 unspecified atom stereocenters. The zero-order valence-corrected chi connectivity index (χ0v) is 14.5. The van der Waals surface area contributed by atoms with Crippen molar-refractivity contribution in [3.63, 3.8) is 0 Å². The van der Waals surface area contributed by atoms with Gasteiger partial charge in [-0.3, -0.25) is 4.79 Å². The first-order valence-electron chi connectivity index (χ1n) is 7.77. The van der Waals surface area contributed by atoms with Crippen LogP contribution in [0.1, 0.15) is 43.4 Å². The number of nitrogens with zero attached hydrogens (tertiary/aromatic N) is 2. The van der Waals surface area contributed by atoms with Crippen LogP contribution in [0, 0.1) is 0 Å². The number of piperidine rings is 1. The summed E-state index contributed by atoms with van der Waals surface area (Å²) in [5.41, 5.74) is 2.80. The number of carboxylic acid groups (broad SMARTS) is 1. The Morgan fingerprint density at radius 1 is 1.33 bits per heavy atom. The molecule has 6 nitrogen and oxygen atoms in total. The molecule has 1 saturated heterocycles. The first-order chi connectivity index (χ1) is 11.6. The van der Waals surface area contributed by atoms with E-state index < -0.39 is 11.6 Å². The molecule has 2 aromatic heterocycles. The molecule has 1 amide bonds. The van der Waals surface area contributed by atoms with Gasteiger partial charge in [-0.25, -0.2) is 9.78 Å². The van der Waals surface area contributed by atoms with Gasteiger partial charge in [-0.05, 0) is 30.9 Å². The average molecular weight is 364 g/mol. The standard InChI is InChI=1S/C16H16N2O4S2/c19-14(11-8-23-9-17-11)18-4-2-16(3-5-18)13-10(1-6-22-16)7-12(24-13)15(20)21/h7-9H,1-6H2,(H,20,21). The predicted octanol–water partition coefficient (Wildman–Crippen LogP) is 2.61. The maximum Gasteiger partial charge on any atom is 0.345 e. The monoisotopic (exact) mass is 364 g/mol. The second kappa shape index (κ2) is 5.94. The molecule has 24 heavy (non-hydrogen) atoms. The summed E-state index contributed by atoms with van der Waals surface area (Å²) in [6.07, 6.45) is 2.13. The second-order valence-corrected chi connectivity index (χ2v) is 7.80. The van der Waals surface area contributed by atoms with Gasteiger partial charge in [-0.2, -0.15) is 0 Å². The number of thiophene rings is 1. The van der Waals surface area contributed by atoms with Gasteiger partial charge < -0.3 is 14.7 Å². The number of hydrogen-bond acceptors (Lipinski definition) is 6. The Bertz CT molecular complexity index is 776. The molecule has 8 heteroatoms. The molecule has 126 valence electrons. The van der Waals surface area contributed by atoms with Crippen molar-refractivity contribution < 1.29 is 19.4 Å². The molecule has 4 heterocycles. The molecule has 1 spiro atoms. The lowest BCUT2D eigenvalue weighted by molar-refractivity contribution is -0.0906. The molecular weight excluding hydrogens is 348 g/mol. The highest BCUT2D eigenvalue weighted by Gasteiger charge is 2.43. The largest absolute Gasteiger partial charge is 0.477 e. The summed E-state index contributed by atoms with van der Waals surface area (Å²) in [7, 11) is 0. The number of hydrogen-bond donors (Lipinski definition) is 1. The van der Waals surface area contributed by atoms with E-state index in [1.165, 1.54) is 22.7 Å². The van der Waals surface area contributed by atoms with Gasteiger partial charge in [0.2, 0.25) is 0 Å². The van der Waals surface area contributed by atoms with Crippen LogP contribution in [0.15, 0.2) is 17.0 Å². The van der Waals surface area contributed by atoms with Gasteiger partial charge in [-0.15, -0.1) is 22.7 Å². The van der Waals surface area contributed by atoms with Gasteiger partial charge in [0, 0.05) is 23.3 Å². The van der Waals surface area contributed by atoms with E-state index in [1.807, 2.05) is 4.90 Å². The first-order valence-corrected chi connectivity index (χ1v) is 9.53. The molecule has 0 bridgehead atoms. The summed E-state index contributed by atoms with van der Waals surface area (Å²) in [4.78, 5) is 31.0. The third kappa shape index (κ3) is 2.54. The number of aromatic nitrogens is 1. The van der Waals surface area contributed by atoms with E-state index in [-0.39, 0.29) is 5.91 Å². The van der Waals surface area contributed by atoms with Crippen molar-refractivity contribution in [3.05, 3.63) is 38.0 Å². The molecule has 4 rings (SSSR count). The number of aromatic carboxylic acids is 1. The topological polar surface area (TPSA) is 79.7 Å². The number of ether oxygens (including phenoxy) is 1. The Kier molecular flexibility index (Phi) is 3.90. The summed E-state index contributed by atoms with van der Waals surface area (Å²) < 4.78 is 6.11. The Labute approximate surface area is 146 Å². The van der Waals surface area contributed by atoms with Crippen molar-refractivity contribution in [2.45, 2.75) is 24.9 Å². The second-order valence-electron chi connectivity index (χ2n) is 6.03. The third-order valence-corrected chi connectivity index (χ3v) is 6.63. The van der Waals surface area contributed by atoms with Gasteiger partial charge >= 0.3 is 5.97 Å². The molecule has 0 radical (unpaired) electrons. The number of thiazole rings is 1. The first kappa shape index (κ1) is 15.7. The lowest BCUT2D eigenvalue weighted by Crippen LogP contribution is -2.47. The fourth-order valence-corrected chi connectivity index (χ4v) is 5.23. The average Bonchev–Trinajstić information content (AvgIpc) is 3.25. The van der Waals surface area contributed by atoms with E-state index in [1.54, 1.807) is 17.0 Å². The smallest absolute Gasteiger partial charge is 0.345 e. The summed E-state index contributed by atoms with van der Waals surface area (Å²) in [5, 5.41) is 11.0. The van der Waals surface area contributed by atoms with Crippen molar-refractivity contribution in [3.8, 4) is 0 Å². The maximum atomic E-state index is 12.4. The van der Waals surface area contributed by atoms with E-state index in [0.29, 0.717) is 43.1 Å². The van der Waals surface area contributed by atoms with Crippen LogP contribution in [-0.4, -0.2) is 46.6 Å². The van der Waals surface area contributed by atoms with Crippen molar-refractivity contribution in [2.75, 3.05) is 19.7 Å². The van der Waals surface area contributed by atoms with Gasteiger partial charge in [0.1, 0.15) is 16.2 Å². The molecule has 1 fully saturated rings. The highest BCUT2D eigenvalue weighted by atomic mass is 32.1. The van der Waals surface area contributed by atoms with Crippen LogP contribution >= 0.6 is 22.7 Å². The normalized spacial score (nSPS) is 19.2. The van der Waals surface area contributed by atoms with Crippen molar-refractivity contribution >= 4 is 34.6 Å². The van der Waals surface area contributed by atoms with Crippen LogP contribution < -0.4 is 0 Å². The summed E-state index contributed by atoms with van der Waals surface area (Å²) in [5.74, 6) is -0.930. The van der Waals surface area contributed by atoms with E-state index in [0.717, 1.165) is 16.9 Å². The highest BCUT2D eigenvalue weighted by molar-refractivity contribution is 7.14. The molecule has 0 saturated carbocycles. The molecular formula is C16H16N2O4S2. The van der Waals surface area contributed by atoms with Gasteiger partial charge in [0.25, 0.3) is 5.91 Å². The van der Waals surface area contributed by atoms with E-state index in [4.69, 9.17) is 4.74 Å². The number of rotatable bonds is 2. The zero-order valence-electron chi connectivity index (χ0n) is 12.9. The molecule has 0 atom stereocenters. The SMILES string of the molecule is O=C(O)c1cc2c(s1)C1(CCN(C(=O)c3cscn3)CC1)OCC2. The minimum atomic E-state index is -0.888. The summed E-state index contributed by atoms with van der Waals surface area (Å²) in [6.45, 7) is 1.79. The molecule has 2 aliphatic heterocycles. The third-order valence-electron chi connectivity index (χ3n) is 4.69. The van der Waals surface area contributed by atoms with Gasteiger partial charge in [-0.1, -0.05) is 0 Å². The van der Waals surface area contributed by atoms with Crippen LogP contribution in [-0.2, 0) is 16.8 Å². The number of carbonyl (C=O) groups excluding carboxylic acids is 1. The maximum absolute atomic E-state index is 12.4. The van der Waals surface area contributed by atoms with Crippen molar-refractivity contribution in [1.29, 1.82) is 0 Å². The number of fused-ring (bicyclic) bond motifs is 2. The Hall–Kier alpha value is -1.77. The van der Waals surface area contributed by atoms with Crippen LogP contribution in [0.2, 0.25) is 0 Å². The predicted molar refractivity (Wildman–Crippen MR) is 89.9 cm³/mol. The van der Waals surface area contributed by atoms with E-state index in [9.17, 15) is 14.7 Å². The Morgan fingerprint density at radius 3 is 2.79 bits per heavy atom. The Morgan fingerprint density at radius 2 is 2.12 bits per heavy atom. The summed E-state index contributed by atoms with van der Waals surface area (Å²) >= 11 is 2.73. The fourth-order valence-electron chi connectivity index (χ4n) is 3.45. The van der Waals surface area contributed by atoms with Crippen LogP contribution in [0.3, 0.4) is 0 Å². The van der Waals surface area contributed by atoms with Gasteiger partial charge in [0.15, 0.2) is 0 Å². The number of carboxylic acids is 1. The van der Waals surface area contributed by atoms with Crippen molar-refractivity contribution in [1.82, 2.24) is 9.88 Å². The molecule has 2 aliphatic rings. The lowest BCUT2D eigenvalue weighted by atomic mass is 9.85. The van der Waals surface area contributed by atoms with Crippen LogP contribution in [0.4, 0.5) is 0 Å². The van der Waals surface area contributed by atoms with Crippen LogP contribution in [0.5, 0.6) is 0 Å². The van der Waals surface area contributed by atoms with Crippen LogP contribution in [0.25, 0.3) is 0 Å². The molecule has 1 N–H and O–H groups in total. The zero-order chi connectivity index (χ0) is 16.7. The van der Waals surface area contributed by atoms with Gasteiger partial charge in [0.05, 0.1) is 12.1 Å². The number of carbonyl (C=O) groups is 2.